The van der Waals surface area contributed by atoms with E-state index in [9.17, 15) is 9.90 Å². The Hall–Kier alpha value is -1.95. The van der Waals surface area contributed by atoms with E-state index in [1.165, 1.54) is 0 Å². The van der Waals surface area contributed by atoms with Crippen LogP contribution in [-0.4, -0.2) is 21.4 Å². The van der Waals surface area contributed by atoms with Gasteiger partial charge in [0.1, 0.15) is 10.3 Å². The average Bonchev–Trinajstić information content (AvgIpc) is 2.68. The van der Waals surface area contributed by atoms with Crippen molar-refractivity contribution in [3.05, 3.63) is 80.0 Å². The molecule has 2 aromatic carbocycles. The van der Waals surface area contributed by atoms with Gasteiger partial charge in [-0.25, -0.2) is 9.97 Å². The SMILES string of the molecule is CC(O)c1cc2c(Cl)cccc2nc1Cl.O=Cc1cc2c(Cl)cccc2nc1Cl. The first kappa shape index (κ1) is 21.8. The van der Waals surface area contributed by atoms with Crippen LogP contribution in [0.3, 0.4) is 0 Å². The van der Waals surface area contributed by atoms with E-state index >= 15 is 0 Å². The van der Waals surface area contributed by atoms with Gasteiger partial charge in [-0.15, -0.1) is 0 Å². The number of aromatic nitrogens is 2. The maximum absolute atomic E-state index is 10.6. The quantitative estimate of drug-likeness (QED) is 0.256. The zero-order valence-corrected chi connectivity index (χ0v) is 18.1. The van der Waals surface area contributed by atoms with Crippen LogP contribution in [0.1, 0.15) is 28.9 Å². The summed E-state index contributed by atoms with van der Waals surface area (Å²) in [6, 6.07) is 14.2. The number of hydrogen-bond donors (Lipinski definition) is 1. The summed E-state index contributed by atoms with van der Waals surface area (Å²) in [6.45, 7) is 1.64. The summed E-state index contributed by atoms with van der Waals surface area (Å²) in [7, 11) is 0. The molecule has 29 heavy (non-hydrogen) atoms. The first-order valence-electron chi connectivity index (χ1n) is 8.44. The van der Waals surface area contributed by atoms with E-state index in [1.54, 1.807) is 43.3 Å². The molecule has 0 fully saturated rings. The fourth-order valence-electron chi connectivity index (χ4n) is 2.68. The van der Waals surface area contributed by atoms with Gasteiger partial charge in [-0.2, -0.15) is 0 Å². The van der Waals surface area contributed by atoms with Crippen molar-refractivity contribution in [3.63, 3.8) is 0 Å². The second-order valence-corrected chi connectivity index (χ2v) is 7.67. The first-order chi connectivity index (χ1) is 13.8. The summed E-state index contributed by atoms with van der Waals surface area (Å²) in [5.74, 6) is 0. The standard InChI is InChI=1S/C11H9Cl2NO.C10H5Cl2NO/c1-6(15)7-5-8-9(12)3-2-4-10(8)14-11(7)13;11-8-2-1-3-9-7(8)4-6(5-14)10(12)13-9/h2-6,15H,1H3;1-5H. The van der Waals surface area contributed by atoms with Gasteiger partial charge in [0.15, 0.2) is 6.29 Å². The van der Waals surface area contributed by atoms with E-state index in [0.29, 0.717) is 38.1 Å². The van der Waals surface area contributed by atoms with E-state index in [-0.39, 0.29) is 5.15 Å². The minimum atomic E-state index is -0.648. The summed E-state index contributed by atoms with van der Waals surface area (Å²) in [5, 5.41) is 12.7. The highest BCUT2D eigenvalue weighted by Gasteiger charge is 2.11. The van der Waals surface area contributed by atoms with Crippen molar-refractivity contribution >= 4 is 74.5 Å². The van der Waals surface area contributed by atoms with Crippen LogP contribution in [0.5, 0.6) is 0 Å². The summed E-state index contributed by atoms with van der Waals surface area (Å²) >= 11 is 23.7. The molecule has 1 atom stereocenters. The number of hydrogen-bond acceptors (Lipinski definition) is 4. The zero-order chi connectivity index (χ0) is 21.1. The van der Waals surface area contributed by atoms with Crippen LogP contribution < -0.4 is 0 Å². The maximum atomic E-state index is 10.6. The lowest BCUT2D eigenvalue weighted by Crippen LogP contribution is -1.95. The molecule has 0 radical (unpaired) electrons. The predicted molar refractivity (Wildman–Crippen MR) is 120 cm³/mol. The lowest BCUT2D eigenvalue weighted by molar-refractivity contribution is 0.112. The van der Waals surface area contributed by atoms with E-state index in [2.05, 4.69) is 9.97 Å². The number of carbonyl (C=O) groups is 1. The number of aldehydes is 1. The summed E-state index contributed by atoms with van der Waals surface area (Å²) in [6.07, 6.45) is 0.0173. The van der Waals surface area contributed by atoms with Crippen molar-refractivity contribution in [3.8, 4) is 0 Å². The Morgan fingerprint density at radius 2 is 1.38 bits per heavy atom. The molecule has 0 bridgehead atoms. The van der Waals surface area contributed by atoms with Crippen molar-refractivity contribution < 1.29 is 9.90 Å². The van der Waals surface area contributed by atoms with E-state index in [4.69, 9.17) is 46.4 Å². The van der Waals surface area contributed by atoms with Crippen molar-refractivity contribution in [2.75, 3.05) is 0 Å². The second-order valence-electron chi connectivity index (χ2n) is 6.14. The molecule has 0 saturated carbocycles. The number of halogens is 4. The van der Waals surface area contributed by atoms with Gasteiger partial charge in [0.25, 0.3) is 0 Å². The molecular weight excluding hydrogens is 454 g/mol. The lowest BCUT2D eigenvalue weighted by atomic mass is 10.1. The van der Waals surface area contributed by atoms with Crippen LogP contribution >= 0.6 is 46.4 Å². The van der Waals surface area contributed by atoms with Crippen molar-refractivity contribution in [2.45, 2.75) is 13.0 Å². The Morgan fingerprint density at radius 1 is 0.862 bits per heavy atom. The van der Waals surface area contributed by atoms with Gasteiger partial charge in [-0.1, -0.05) is 58.5 Å². The Labute approximate surface area is 187 Å². The molecule has 0 amide bonds. The fourth-order valence-corrected chi connectivity index (χ4v) is 3.62. The highest BCUT2D eigenvalue weighted by Crippen LogP contribution is 2.29. The highest BCUT2D eigenvalue weighted by molar-refractivity contribution is 6.37. The normalized spacial score (nSPS) is 11.8. The molecule has 0 saturated heterocycles. The molecule has 8 heteroatoms. The Balaban J connectivity index is 0.000000166. The third-order valence-corrected chi connectivity index (χ3v) is 5.41. The van der Waals surface area contributed by atoms with Gasteiger partial charge in [-0.05, 0) is 43.3 Å². The van der Waals surface area contributed by atoms with Crippen molar-refractivity contribution in [2.24, 2.45) is 0 Å². The number of benzene rings is 2. The molecule has 4 nitrogen and oxygen atoms in total. The van der Waals surface area contributed by atoms with Crippen LogP contribution in [0, 0.1) is 0 Å². The molecule has 1 unspecified atom stereocenters. The monoisotopic (exact) mass is 466 g/mol. The first-order valence-corrected chi connectivity index (χ1v) is 9.95. The minimum absolute atomic E-state index is 0.203. The third-order valence-electron chi connectivity index (χ3n) is 4.15. The van der Waals surface area contributed by atoms with E-state index in [1.807, 2.05) is 12.1 Å². The smallest absolute Gasteiger partial charge is 0.153 e. The van der Waals surface area contributed by atoms with Gasteiger partial charge >= 0.3 is 0 Å². The minimum Gasteiger partial charge on any atom is -0.389 e. The number of aliphatic hydroxyl groups is 1. The molecule has 2 aromatic heterocycles. The summed E-state index contributed by atoms with van der Waals surface area (Å²) in [4.78, 5) is 18.9. The molecule has 4 rings (SSSR count). The predicted octanol–water partition coefficient (Wildman–Crippen LogP) is 6.95. The fraction of sp³-hybridized carbons (Fsp3) is 0.0952. The number of aliphatic hydroxyl groups excluding tert-OH is 1. The van der Waals surface area contributed by atoms with Crippen LogP contribution in [0.4, 0.5) is 0 Å². The van der Waals surface area contributed by atoms with Crippen molar-refractivity contribution in [1.29, 1.82) is 0 Å². The Bertz CT molecular complexity index is 1210. The number of carbonyl (C=O) groups excluding carboxylic acids is 1. The highest BCUT2D eigenvalue weighted by atomic mass is 35.5. The van der Waals surface area contributed by atoms with Crippen LogP contribution in [0.2, 0.25) is 20.4 Å². The molecule has 0 spiro atoms. The third kappa shape index (κ3) is 4.80. The number of rotatable bonds is 2. The van der Waals surface area contributed by atoms with Crippen LogP contribution in [-0.2, 0) is 0 Å². The summed E-state index contributed by atoms with van der Waals surface area (Å²) < 4.78 is 0. The molecule has 0 aliphatic rings. The zero-order valence-electron chi connectivity index (χ0n) is 15.0. The lowest BCUT2D eigenvalue weighted by Gasteiger charge is -2.08. The van der Waals surface area contributed by atoms with Gasteiger partial charge in [0, 0.05) is 26.4 Å². The number of pyridine rings is 2. The molecule has 2 heterocycles. The molecule has 4 aromatic rings. The van der Waals surface area contributed by atoms with Crippen molar-refractivity contribution in [1.82, 2.24) is 9.97 Å². The number of nitrogens with zero attached hydrogens (tertiary/aromatic N) is 2. The van der Waals surface area contributed by atoms with Gasteiger partial charge in [-0.3, -0.25) is 4.79 Å². The molecule has 148 valence electrons. The second kappa shape index (κ2) is 9.24. The average molecular weight is 468 g/mol. The molecule has 0 aliphatic carbocycles. The van der Waals surface area contributed by atoms with Gasteiger partial charge < -0.3 is 5.11 Å². The van der Waals surface area contributed by atoms with Gasteiger partial charge in [0.2, 0.25) is 0 Å². The number of fused-ring (bicyclic) bond motifs is 2. The Morgan fingerprint density at radius 3 is 1.90 bits per heavy atom. The van der Waals surface area contributed by atoms with E-state index in [0.717, 1.165) is 16.3 Å². The van der Waals surface area contributed by atoms with Crippen LogP contribution in [0.25, 0.3) is 21.8 Å². The molecule has 1 N–H and O–H groups in total. The Kier molecular flexibility index (Phi) is 6.93. The van der Waals surface area contributed by atoms with Gasteiger partial charge in [0.05, 0.1) is 22.7 Å². The topological polar surface area (TPSA) is 63.1 Å². The molecular formula is C21H14Cl4N2O2. The van der Waals surface area contributed by atoms with E-state index < -0.39 is 6.10 Å². The van der Waals surface area contributed by atoms with Crippen LogP contribution in [0.15, 0.2) is 48.5 Å². The summed E-state index contributed by atoms with van der Waals surface area (Å²) in [5.41, 5.74) is 2.37. The largest absolute Gasteiger partial charge is 0.389 e. The maximum Gasteiger partial charge on any atom is 0.153 e. The molecule has 0 aliphatic heterocycles.